The third-order valence-electron chi connectivity index (χ3n) is 3.25. The van der Waals surface area contributed by atoms with Gasteiger partial charge in [0.25, 0.3) is 0 Å². The van der Waals surface area contributed by atoms with Crippen molar-refractivity contribution in [2.45, 2.75) is 26.9 Å². The van der Waals surface area contributed by atoms with Gasteiger partial charge in [-0.3, -0.25) is 4.79 Å². The summed E-state index contributed by atoms with van der Waals surface area (Å²) in [6.07, 6.45) is 1.74. The Morgan fingerprint density at radius 2 is 1.86 bits per heavy atom. The summed E-state index contributed by atoms with van der Waals surface area (Å²) >= 11 is 0. The largest absolute Gasteiger partial charge is 0.466 e. The van der Waals surface area contributed by atoms with Crippen molar-refractivity contribution in [1.29, 1.82) is 0 Å². The molecule has 0 atom stereocenters. The number of benzene rings is 1. The van der Waals surface area contributed by atoms with Gasteiger partial charge in [-0.15, -0.1) is 0 Å². The number of esters is 2. The molecule has 0 amide bonds. The summed E-state index contributed by atoms with van der Waals surface area (Å²) in [5.41, 5.74) is 2.67. The molecule has 2 aromatic rings. The van der Waals surface area contributed by atoms with Crippen molar-refractivity contribution in [3.8, 4) is 0 Å². The van der Waals surface area contributed by atoms with Gasteiger partial charge in [0.15, 0.2) is 0 Å². The minimum absolute atomic E-state index is 0.0545. The van der Waals surface area contributed by atoms with Crippen LogP contribution in [0.25, 0.3) is 0 Å². The van der Waals surface area contributed by atoms with Crippen LogP contribution in [0, 0.1) is 6.92 Å². The van der Waals surface area contributed by atoms with Gasteiger partial charge >= 0.3 is 11.9 Å². The normalized spacial score (nSPS) is 10.3. The van der Waals surface area contributed by atoms with E-state index in [9.17, 15) is 9.59 Å². The van der Waals surface area contributed by atoms with E-state index in [1.54, 1.807) is 13.1 Å². The molecule has 1 N–H and O–H groups in total. The van der Waals surface area contributed by atoms with Crippen molar-refractivity contribution in [3.05, 3.63) is 58.9 Å². The number of aryl methyl sites for hydroxylation is 1. The van der Waals surface area contributed by atoms with Gasteiger partial charge in [-0.2, -0.15) is 0 Å². The van der Waals surface area contributed by atoms with Crippen molar-refractivity contribution >= 4 is 11.9 Å². The Morgan fingerprint density at radius 1 is 1.14 bits per heavy atom. The zero-order valence-corrected chi connectivity index (χ0v) is 12.7. The molecule has 0 spiro atoms. The van der Waals surface area contributed by atoms with Crippen LogP contribution in [0.5, 0.6) is 0 Å². The van der Waals surface area contributed by atoms with Crippen LogP contribution in [0.4, 0.5) is 0 Å². The van der Waals surface area contributed by atoms with Crippen LogP contribution in [-0.4, -0.2) is 23.5 Å². The number of hydrogen-bond donors (Lipinski definition) is 1. The molecule has 1 aromatic heterocycles. The number of carbonyl (C=O) groups is 2. The fourth-order valence-electron chi connectivity index (χ4n) is 2.11. The van der Waals surface area contributed by atoms with Gasteiger partial charge in [0.2, 0.25) is 0 Å². The molecular weight excluding hydrogens is 282 g/mol. The standard InChI is InChI=1S/C17H19NO4/c1-3-21-15(19)9-14-12(2)10-18-16(14)17(20)22-11-13-7-5-4-6-8-13/h4-8,10,18H,3,9,11H2,1-2H3. The Kier molecular flexibility index (Phi) is 5.36. The van der Waals surface area contributed by atoms with Gasteiger partial charge in [0, 0.05) is 6.20 Å². The Bertz CT molecular complexity index is 646. The molecule has 5 heteroatoms. The van der Waals surface area contributed by atoms with E-state index in [1.807, 2.05) is 37.3 Å². The molecular formula is C17H19NO4. The van der Waals surface area contributed by atoms with E-state index in [0.717, 1.165) is 11.1 Å². The maximum Gasteiger partial charge on any atom is 0.355 e. The number of carbonyl (C=O) groups excluding carboxylic acids is 2. The molecule has 116 valence electrons. The van der Waals surface area contributed by atoms with Crippen LogP contribution >= 0.6 is 0 Å². The molecule has 0 saturated heterocycles. The Labute approximate surface area is 129 Å². The number of ether oxygens (including phenoxy) is 2. The van der Waals surface area contributed by atoms with Crippen LogP contribution < -0.4 is 0 Å². The van der Waals surface area contributed by atoms with Crippen molar-refractivity contribution in [2.75, 3.05) is 6.61 Å². The van der Waals surface area contributed by atoms with E-state index in [4.69, 9.17) is 9.47 Å². The molecule has 0 aliphatic carbocycles. The topological polar surface area (TPSA) is 68.4 Å². The number of aromatic nitrogens is 1. The lowest BCUT2D eigenvalue weighted by Gasteiger charge is -2.07. The van der Waals surface area contributed by atoms with Crippen LogP contribution in [0.2, 0.25) is 0 Å². The fourth-order valence-corrected chi connectivity index (χ4v) is 2.11. The third kappa shape index (κ3) is 3.97. The third-order valence-corrected chi connectivity index (χ3v) is 3.25. The fraction of sp³-hybridized carbons (Fsp3) is 0.294. The SMILES string of the molecule is CCOC(=O)Cc1c(C)c[nH]c1C(=O)OCc1ccccc1. The van der Waals surface area contributed by atoms with Gasteiger partial charge in [-0.1, -0.05) is 30.3 Å². The molecule has 2 rings (SSSR count). The van der Waals surface area contributed by atoms with Crippen LogP contribution in [0.3, 0.4) is 0 Å². The minimum Gasteiger partial charge on any atom is -0.466 e. The second-order valence-electron chi connectivity index (χ2n) is 4.87. The lowest BCUT2D eigenvalue weighted by molar-refractivity contribution is -0.142. The highest BCUT2D eigenvalue weighted by Gasteiger charge is 2.19. The van der Waals surface area contributed by atoms with Gasteiger partial charge < -0.3 is 14.5 Å². The molecule has 0 saturated carbocycles. The zero-order valence-electron chi connectivity index (χ0n) is 12.7. The number of hydrogen-bond acceptors (Lipinski definition) is 4. The predicted molar refractivity (Wildman–Crippen MR) is 81.4 cm³/mol. The second-order valence-corrected chi connectivity index (χ2v) is 4.87. The average molecular weight is 301 g/mol. The molecule has 1 aromatic carbocycles. The first kappa shape index (κ1) is 15.8. The molecule has 5 nitrogen and oxygen atoms in total. The van der Waals surface area contributed by atoms with E-state index in [-0.39, 0.29) is 19.0 Å². The van der Waals surface area contributed by atoms with Gasteiger partial charge in [0.1, 0.15) is 12.3 Å². The Balaban J connectivity index is 2.05. The average Bonchev–Trinajstić information content (AvgIpc) is 2.87. The summed E-state index contributed by atoms with van der Waals surface area (Å²) in [5, 5.41) is 0. The monoisotopic (exact) mass is 301 g/mol. The molecule has 0 aliphatic heterocycles. The number of rotatable bonds is 6. The highest BCUT2D eigenvalue weighted by Crippen LogP contribution is 2.16. The molecule has 0 radical (unpaired) electrons. The van der Waals surface area contributed by atoms with Crippen molar-refractivity contribution in [1.82, 2.24) is 4.98 Å². The molecule has 0 unspecified atom stereocenters. The van der Waals surface area contributed by atoms with E-state index >= 15 is 0 Å². The Morgan fingerprint density at radius 3 is 2.55 bits per heavy atom. The highest BCUT2D eigenvalue weighted by molar-refractivity contribution is 5.91. The maximum absolute atomic E-state index is 12.2. The van der Waals surface area contributed by atoms with Gasteiger partial charge in [0.05, 0.1) is 13.0 Å². The first-order chi connectivity index (χ1) is 10.6. The van der Waals surface area contributed by atoms with Crippen LogP contribution in [-0.2, 0) is 27.3 Å². The Hall–Kier alpha value is -2.56. The molecule has 0 bridgehead atoms. The van der Waals surface area contributed by atoms with Crippen LogP contribution in [0.1, 0.15) is 34.1 Å². The zero-order chi connectivity index (χ0) is 15.9. The smallest absolute Gasteiger partial charge is 0.355 e. The number of nitrogens with one attached hydrogen (secondary N) is 1. The van der Waals surface area contributed by atoms with E-state index in [0.29, 0.717) is 17.9 Å². The number of H-pyrrole nitrogens is 1. The van der Waals surface area contributed by atoms with Crippen LogP contribution in [0.15, 0.2) is 36.5 Å². The van der Waals surface area contributed by atoms with Crippen molar-refractivity contribution in [2.24, 2.45) is 0 Å². The molecule has 0 aliphatic rings. The second kappa shape index (κ2) is 7.45. The minimum atomic E-state index is -0.476. The first-order valence-corrected chi connectivity index (χ1v) is 7.15. The molecule has 0 fully saturated rings. The molecule has 1 heterocycles. The van der Waals surface area contributed by atoms with E-state index in [2.05, 4.69) is 4.98 Å². The number of aromatic amines is 1. The summed E-state index contributed by atoms with van der Waals surface area (Å²) < 4.78 is 10.2. The van der Waals surface area contributed by atoms with E-state index in [1.165, 1.54) is 0 Å². The summed E-state index contributed by atoms with van der Waals surface area (Å²) in [6.45, 7) is 4.09. The lowest BCUT2D eigenvalue weighted by Crippen LogP contribution is -2.13. The van der Waals surface area contributed by atoms with Gasteiger partial charge in [-0.05, 0) is 30.5 Å². The van der Waals surface area contributed by atoms with E-state index < -0.39 is 5.97 Å². The maximum atomic E-state index is 12.2. The summed E-state index contributed by atoms with van der Waals surface area (Å²) in [5.74, 6) is -0.835. The van der Waals surface area contributed by atoms with Crippen molar-refractivity contribution in [3.63, 3.8) is 0 Å². The predicted octanol–water partition coefficient (Wildman–Crippen LogP) is 2.79. The summed E-state index contributed by atoms with van der Waals surface area (Å²) in [4.78, 5) is 26.7. The highest BCUT2D eigenvalue weighted by atomic mass is 16.5. The first-order valence-electron chi connectivity index (χ1n) is 7.15. The quantitative estimate of drug-likeness (QED) is 0.833. The molecule has 22 heavy (non-hydrogen) atoms. The summed E-state index contributed by atoms with van der Waals surface area (Å²) in [6, 6.07) is 9.43. The summed E-state index contributed by atoms with van der Waals surface area (Å²) in [7, 11) is 0. The van der Waals surface area contributed by atoms with Gasteiger partial charge in [-0.25, -0.2) is 4.79 Å². The van der Waals surface area contributed by atoms with Crippen molar-refractivity contribution < 1.29 is 19.1 Å². The lowest BCUT2D eigenvalue weighted by atomic mass is 10.1.